The van der Waals surface area contributed by atoms with Crippen LogP contribution in [0, 0.1) is 0 Å². The van der Waals surface area contributed by atoms with Gasteiger partial charge in [-0.15, -0.1) is 0 Å². The van der Waals surface area contributed by atoms with Gasteiger partial charge < -0.3 is 28.8 Å². The van der Waals surface area contributed by atoms with Crippen molar-refractivity contribution in [2.45, 2.75) is 42.0 Å². The normalized spacial score (nSPS) is 30.1. The molecule has 3 aliphatic rings. The number of benzene rings is 2. The topological polar surface area (TPSA) is 121 Å². The first kappa shape index (κ1) is 22.4. The van der Waals surface area contributed by atoms with Gasteiger partial charge in [-0.25, -0.2) is 4.79 Å². The molecule has 9 nitrogen and oxygen atoms in total. The van der Waals surface area contributed by atoms with Crippen molar-refractivity contribution in [3.05, 3.63) is 59.7 Å². The number of aliphatic hydroxyl groups is 1. The largest absolute Gasteiger partial charge is 0.490 e. The van der Waals surface area contributed by atoms with E-state index in [-0.39, 0.29) is 31.6 Å². The van der Waals surface area contributed by atoms with E-state index in [1.54, 1.807) is 48.5 Å². The average molecular weight is 468 g/mol. The minimum Gasteiger partial charge on any atom is -0.490 e. The molecule has 2 aliphatic heterocycles. The van der Waals surface area contributed by atoms with Crippen molar-refractivity contribution in [2.24, 2.45) is 0 Å². The van der Waals surface area contributed by atoms with Crippen molar-refractivity contribution in [1.29, 1.82) is 0 Å². The molecule has 34 heavy (non-hydrogen) atoms. The Morgan fingerprint density at radius 1 is 1.03 bits per heavy atom. The molecule has 2 fully saturated rings. The number of hydrogen-bond acceptors (Lipinski definition) is 9. The highest BCUT2D eigenvalue weighted by atomic mass is 16.6. The summed E-state index contributed by atoms with van der Waals surface area (Å²) < 4.78 is 27.2. The summed E-state index contributed by atoms with van der Waals surface area (Å²) in [6.45, 7) is -0.0735. The van der Waals surface area contributed by atoms with Gasteiger partial charge in [0.2, 0.25) is 0 Å². The summed E-state index contributed by atoms with van der Waals surface area (Å²) in [7, 11) is 2.55. The maximum absolute atomic E-state index is 12.4. The first-order chi connectivity index (χ1) is 16.3. The molecule has 9 heteroatoms. The van der Waals surface area contributed by atoms with Gasteiger partial charge in [0.25, 0.3) is 0 Å². The molecule has 1 saturated heterocycles. The van der Waals surface area contributed by atoms with E-state index in [0.717, 1.165) is 0 Å². The van der Waals surface area contributed by atoms with Gasteiger partial charge in [0.15, 0.2) is 0 Å². The first-order valence-corrected chi connectivity index (χ1v) is 10.9. The van der Waals surface area contributed by atoms with Crippen molar-refractivity contribution in [3.8, 4) is 11.5 Å². The lowest BCUT2D eigenvalue weighted by Crippen LogP contribution is -2.47. The third-order valence-electron chi connectivity index (χ3n) is 6.99. The Morgan fingerprint density at radius 3 is 2.44 bits per heavy atom. The standard InChI is InChI=1S/C25H24O9/c1-30-19(26)11-24-13-23(29)14-32-18-10-16(33-22(28)15-6-4-3-5-7-15)8-9-17(18)21(23)25(24,34-24)12-20(27)31-2/h3-10,21,29H,11-14H2,1-2H3/t21-,23-,24-,25+/m1/s1. The van der Waals surface area contributed by atoms with Gasteiger partial charge in [-0.3, -0.25) is 9.59 Å². The van der Waals surface area contributed by atoms with Crippen LogP contribution in [0.5, 0.6) is 11.5 Å². The van der Waals surface area contributed by atoms with E-state index in [4.69, 9.17) is 23.7 Å². The Balaban J connectivity index is 1.48. The van der Waals surface area contributed by atoms with Crippen LogP contribution in [0.4, 0.5) is 0 Å². The van der Waals surface area contributed by atoms with Gasteiger partial charge in [0.1, 0.15) is 34.9 Å². The van der Waals surface area contributed by atoms with Gasteiger partial charge >= 0.3 is 17.9 Å². The molecule has 0 unspecified atom stereocenters. The van der Waals surface area contributed by atoms with Crippen molar-refractivity contribution in [1.82, 2.24) is 0 Å². The lowest BCUT2D eigenvalue weighted by molar-refractivity contribution is -0.143. The number of hydrogen-bond donors (Lipinski definition) is 1. The van der Waals surface area contributed by atoms with E-state index in [9.17, 15) is 19.5 Å². The van der Waals surface area contributed by atoms with Gasteiger partial charge in [0, 0.05) is 18.1 Å². The molecular formula is C25H24O9. The van der Waals surface area contributed by atoms with Crippen molar-refractivity contribution in [2.75, 3.05) is 20.8 Å². The molecule has 5 rings (SSSR count). The Kier molecular flexibility index (Phi) is 5.14. The predicted octanol–water partition coefficient (Wildman–Crippen LogP) is 2.15. The van der Waals surface area contributed by atoms with Gasteiger partial charge in [0.05, 0.1) is 38.5 Å². The summed E-state index contributed by atoms with van der Waals surface area (Å²) in [5.41, 5.74) is -2.58. The van der Waals surface area contributed by atoms with E-state index in [1.807, 2.05) is 0 Å². The van der Waals surface area contributed by atoms with Gasteiger partial charge in [-0.2, -0.15) is 0 Å². The molecule has 2 aromatic rings. The molecule has 0 aromatic heterocycles. The summed E-state index contributed by atoms with van der Waals surface area (Å²) in [4.78, 5) is 36.9. The maximum atomic E-state index is 12.4. The predicted molar refractivity (Wildman–Crippen MR) is 115 cm³/mol. The highest BCUT2D eigenvalue weighted by Crippen LogP contribution is 2.73. The molecule has 1 N–H and O–H groups in total. The maximum Gasteiger partial charge on any atom is 0.343 e. The van der Waals surface area contributed by atoms with E-state index in [2.05, 4.69) is 0 Å². The summed E-state index contributed by atoms with van der Waals surface area (Å²) in [5, 5.41) is 11.5. The van der Waals surface area contributed by atoms with Crippen LogP contribution in [0.3, 0.4) is 0 Å². The summed E-state index contributed by atoms with van der Waals surface area (Å²) in [6.07, 6.45) is -0.153. The van der Waals surface area contributed by atoms with Crippen LogP contribution in [0.15, 0.2) is 48.5 Å². The smallest absolute Gasteiger partial charge is 0.343 e. The van der Waals surface area contributed by atoms with E-state index in [1.165, 1.54) is 14.2 Å². The van der Waals surface area contributed by atoms with Crippen LogP contribution >= 0.6 is 0 Å². The van der Waals surface area contributed by atoms with Crippen molar-refractivity contribution < 1.29 is 43.2 Å². The van der Waals surface area contributed by atoms with Crippen LogP contribution < -0.4 is 9.47 Å². The zero-order valence-corrected chi connectivity index (χ0v) is 18.7. The molecule has 2 aromatic carbocycles. The number of ether oxygens (including phenoxy) is 5. The fraction of sp³-hybridized carbons (Fsp3) is 0.400. The number of methoxy groups -OCH3 is 2. The second-order valence-corrected chi connectivity index (χ2v) is 8.95. The minimum atomic E-state index is -1.37. The lowest BCUT2D eigenvalue weighted by Gasteiger charge is -2.40. The van der Waals surface area contributed by atoms with Crippen molar-refractivity contribution >= 4 is 17.9 Å². The molecular weight excluding hydrogens is 444 g/mol. The molecule has 0 spiro atoms. The Hall–Kier alpha value is -3.43. The fourth-order valence-electron chi connectivity index (χ4n) is 5.56. The molecule has 0 radical (unpaired) electrons. The zero-order valence-electron chi connectivity index (χ0n) is 18.7. The molecule has 0 bridgehead atoms. The highest BCUT2D eigenvalue weighted by Gasteiger charge is 2.85. The molecule has 2 heterocycles. The number of rotatable bonds is 6. The average Bonchev–Trinajstić information content (AvgIpc) is 3.36. The fourth-order valence-corrected chi connectivity index (χ4v) is 5.56. The Labute approximate surface area is 195 Å². The SMILES string of the molecule is COC(=O)C[C@@]12C[C@@]3(O)COc4cc(OC(=O)c5ccccc5)ccc4[C@H]3[C@]1(CC(=O)OC)O2. The first-order valence-electron chi connectivity index (χ1n) is 10.9. The highest BCUT2D eigenvalue weighted by molar-refractivity contribution is 5.91. The minimum absolute atomic E-state index is 0.0735. The Morgan fingerprint density at radius 2 is 1.74 bits per heavy atom. The molecule has 1 aliphatic carbocycles. The van der Waals surface area contributed by atoms with Gasteiger partial charge in [-0.1, -0.05) is 24.3 Å². The molecule has 4 atom stereocenters. The molecule has 178 valence electrons. The summed E-state index contributed by atoms with van der Waals surface area (Å²) in [6, 6.07) is 13.4. The third kappa shape index (κ3) is 3.35. The second-order valence-electron chi connectivity index (χ2n) is 8.95. The third-order valence-corrected chi connectivity index (χ3v) is 6.99. The number of carbonyl (C=O) groups is 3. The summed E-state index contributed by atoms with van der Waals surface area (Å²) >= 11 is 0. The zero-order chi connectivity index (χ0) is 24.1. The molecule has 1 saturated carbocycles. The number of fused-ring (bicyclic) bond motifs is 5. The van der Waals surface area contributed by atoms with Crippen LogP contribution in [0.1, 0.15) is 41.1 Å². The van der Waals surface area contributed by atoms with Gasteiger partial charge in [-0.05, 0) is 18.2 Å². The van der Waals surface area contributed by atoms with Crippen LogP contribution in [-0.4, -0.2) is 60.6 Å². The monoisotopic (exact) mass is 468 g/mol. The van der Waals surface area contributed by atoms with Crippen LogP contribution in [0.2, 0.25) is 0 Å². The van der Waals surface area contributed by atoms with E-state index < -0.39 is 40.6 Å². The number of epoxide rings is 1. The van der Waals surface area contributed by atoms with Crippen molar-refractivity contribution in [3.63, 3.8) is 0 Å². The van der Waals surface area contributed by atoms with Crippen LogP contribution in [0.25, 0.3) is 0 Å². The van der Waals surface area contributed by atoms with E-state index >= 15 is 0 Å². The van der Waals surface area contributed by atoms with Crippen LogP contribution in [-0.2, 0) is 23.8 Å². The summed E-state index contributed by atoms with van der Waals surface area (Å²) in [5.74, 6) is -1.52. The van der Waals surface area contributed by atoms with E-state index in [0.29, 0.717) is 16.9 Å². The number of carbonyl (C=O) groups excluding carboxylic acids is 3. The lowest BCUT2D eigenvalue weighted by atomic mass is 9.75. The second kappa shape index (κ2) is 7.82. The Bertz CT molecular complexity index is 1160. The molecule has 0 amide bonds. The number of esters is 3. The quantitative estimate of drug-likeness (QED) is 0.386.